The van der Waals surface area contributed by atoms with E-state index in [1.165, 1.54) is 22.7 Å². The van der Waals surface area contributed by atoms with Crippen molar-refractivity contribution in [2.75, 3.05) is 5.75 Å². The fourth-order valence-corrected chi connectivity index (χ4v) is 3.86. The number of hydrogen-bond donors (Lipinski definition) is 0. The minimum absolute atomic E-state index is 0.0669. The van der Waals surface area contributed by atoms with Crippen molar-refractivity contribution >= 4 is 39.8 Å². The van der Waals surface area contributed by atoms with Crippen LogP contribution in [0.15, 0.2) is 76.9 Å². The van der Waals surface area contributed by atoms with Gasteiger partial charge in [-0.1, -0.05) is 84.1 Å². The Bertz CT molecular complexity index is 1040. The number of carbonyl (C=O) groups is 1. The van der Waals surface area contributed by atoms with Crippen molar-refractivity contribution in [3.63, 3.8) is 0 Å². The van der Waals surface area contributed by atoms with Gasteiger partial charge >= 0.3 is 0 Å². The molecule has 0 radical (unpaired) electrons. The highest BCUT2D eigenvalue weighted by atomic mass is 32.2. The van der Waals surface area contributed by atoms with Crippen LogP contribution >= 0.6 is 11.8 Å². The first-order valence-corrected chi connectivity index (χ1v) is 9.77. The van der Waals surface area contributed by atoms with E-state index in [9.17, 15) is 4.79 Å². The molecule has 4 rings (SSSR count). The molecule has 1 saturated heterocycles. The number of rotatable bonds is 4. The lowest BCUT2D eigenvalue weighted by molar-refractivity contribution is -0.124. The first-order chi connectivity index (χ1) is 13.2. The SMILES string of the molecule is Cc1ccc(/C=N/N=C2/SCC(=O)N2Cc2cccc3ccccc23)cc1. The van der Waals surface area contributed by atoms with E-state index in [1.54, 1.807) is 11.1 Å². The molecule has 0 saturated carbocycles. The van der Waals surface area contributed by atoms with Gasteiger partial charge in [-0.25, -0.2) is 0 Å². The number of amides is 1. The van der Waals surface area contributed by atoms with Crippen LogP contribution in [0.5, 0.6) is 0 Å². The third-order valence-electron chi connectivity index (χ3n) is 4.49. The molecule has 0 atom stereocenters. The van der Waals surface area contributed by atoms with Crippen molar-refractivity contribution in [1.82, 2.24) is 4.90 Å². The summed E-state index contributed by atoms with van der Waals surface area (Å²) in [4.78, 5) is 14.1. The molecule has 0 aliphatic carbocycles. The van der Waals surface area contributed by atoms with Gasteiger partial charge in [-0.05, 0) is 28.8 Å². The van der Waals surface area contributed by atoms with Crippen molar-refractivity contribution in [3.8, 4) is 0 Å². The van der Waals surface area contributed by atoms with Gasteiger partial charge in [-0.2, -0.15) is 5.10 Å². The summed E-state index contributed by atoms with van der Waals surface area (Å²) in [7, 11) is 0. The fourth-order valence-electron chi connectivity index (χ4n) is 3.03. The van der Waals surface area contributed by atoms with Crippen LogP contribution in [-0.2, 0) is 11.3 Å². The van der Waals surface area contributed by atoms with Crippen molar-refractivity contribution < 1.29 is 4.79 Å². The molecule has 1 heterocycles. The standard InChI is InChI=1S/C22H19N3OS/c1-16-9-11-17(12-10-16)13-23-24-22-25(21(26)15-27-22)14-19-7-4-6-18-5-2-3-8-20(18)19/h2-13H,14-15H2,1H3/b23-13+,24-22+. The summed E-state index contributed by atoms with van der Waals surface area (Å²) >= 11 is 1.43. The molecule has 5 heteroatoms. The Kier molecular flexibility index (Phi) is 5.03. The Morgan fingerprint density at radius 3 is 2.67 bits per heavy atom. The van der Waals surface area contributed by atoms with Crippen molar-refractivity contribution in [2.45, 2.75) is 13.5 Å². The zero-order valence-corrected chi connectivity index (χ0v) is 15.8. The minimum atomic E-state index is 0.0669. The highest BCUT2D eigenvalue weighted by Crippen LogP contribution is 2.25. The summed E-state index contributed by atoms with van der Waals surface area (Å²) in [6.45, 7) is 2.55. The maximum absolute atomic E-state index is 12.4. The van der Waals surface area contributed by atoms with Gasteiger partial charge in [0.25, 0.3) is 0 Å². The van der Waals surface area contributed by atoms with E-state index in [0.29, 0.717) is 17.5 Å². The minimum Gasteiger partial charge on any atom is -0.285 e. The number of benzene rings is 3. The third kappa shape index (κ3) is 3.93. The second kappa shape index (κ2) is 7.76. The molecule has 134 valence electrons. The Balaban J connectivity index is 1.57. The average Bonchev–Trinajstić information content (AvgIpc) is 3.03. The third-order valence-corrected chi connectivity index (χ3v) is 5.44. The lowest BCUT2D eigenvalue weighted by Gasteiger charge is -2.16. The molecule has 1 amide bonds. The van der Waals surface area contributed by atoms with Crippen LogP contribution in [0.25, 0.3) is 10.8 Å². The van der Waals surface area contributed by atoms with E-state index in [2.05, 4.69) is 34.5 Å². The Morgan fingerprint density at radius 1 is 1.04 bits per heavy atom. The lowest BCUT2D eigenvalue weighted by Crippen LogP contribution is -2.28. The van der Waals surface area contributed by atoms with Gasteiger partial charge in [0.2, 0.25) is 5.91 Å². The highest BCUT2D eigenvalue weighted by molar-refractivity contribution is 8.15. The number of amidine groups is 1. The molecule has 3 aromatic rings. The van der Waals surface area contributed by atoms with Crippen LogP contribution in [0.3, 0.4) is 0 Å². The predicted octanol–water partition coefficient (Wildman–Crippen LogP) is 4.61. The van der Waals surface area contributed by atoms with E-state index >= 15 is 0 Å². The van der Waals surface area contributed by atoms with E-state index in [0.717, 1.165) is 16.5 Å². The highest BCUT2D eigenvalue weighted by Gasteiger charge is 2.28. The van der Waals surface area contributed by atoms with Crippen LogP contribution in [0, 0.1) is 6.92 Å². The molecular weight excluding hydrogens is 354 g/mol. The van der Waals surface area contributed by atoms with Crippen LogP contribution < -0.4 is 0 Å². The van der Waals surface area contributed by atoms with Crippen LogP contribution in [0.1, 0.15) is 16.7 Å². The molecule has 3 aromatic carbocycles. The van der Waals surface area contributed by atoms with Crippen LogP contribution in [0.2, 0.25) is 0 Å². The second-order valence-corrected chi connectivity index (χ2v) is 7.39. The largest absolute Gasteiger partial charge is 0.285 e. The summed E-state index contributed by atoms with van der Waals surface area (Å²) in [6, 6.07) is 22.5. The summed E-state index contributed by atoms with van der Waals surface area (Å²) in [5, 5.41) is 11.5. The molecule has 0 N–H and O–H groups in total. The van der Waals surface area contributed by atoms with Gasteiger partial charge in [0.05, 0.1) is 18.5 Å². The number of hydrogen-bond acceptors (Lipinski definition) is 4. The van der Waals surface area contributed by atoms with Gasteiger partial charge in [-0.15, -0.1) is 5.10 Å². The first-order valence-electron chi connectivity index (χ1n) is 8.78. The number of carbonyl (C=O) groups excluding carboxylic acids is 1. The molecule has 0 spiro atoms. The number of thioether (sulfide) groups is 1. The Labute approximate surface area is 162 Å². The van der Waals surface area contributed by atoms with E-state index < -0.39 is 0 Å². The zero-order valence-electron chi connectivity index (χ0n) is 15.0. The van der Waals surface area contributed by atoms with Gasteiger partial charge in [0.1, 0.15) is 0 Å². The first kappa shape index (κ1) is 17.5. The average molecular weight is 373 g/mol. The van der Waals surface area contributed by atoms with Crippen LogP contribution in [-0.4, -0.2) is 27.9 Å². The monoisotopic (exact) mass is 373 g/mol. The van der Waals surface area contributed by atoms with Gasteiger partial charge in [0.15, 0.2) is 5.17 Å². The maximum atomic E-state index is 12.4. The molecule has 0 aromatic heterocycles. The molecular formula is C22H19N3OS. The number of nitrogens with zero attached hydrogens (tertiary/aromatic N) is 3. The van der Waals surface area contributed by atoms with Crippen molar-refractivity contribution in [2.24, 2.45) is 10.2 Å². The predicted molar refractivity (Wildman–Crippen MR) is 113 cm³/mol. The number of aryl methyl sites for hydroxylation is 1. The molecule has 0 unspecified atom stereocenters. The summed E-state index contributed by atoms with van der Waals surface area (Å²) < 4.78 is 0. The van der Waals surface area contributed by atoms with E-state index in [1.807, 2.05) is 49.4 Å². The zero-order chi connectivity index (χ0) is 18.6. The van der Waals surface area contributed by atoms with Gasteiger partial charge in [-0.3, -0.25) is 9.69 Å². The quantitative estimate of drug-likeness (QED) is 0.495. The smallest absolute Gasteiger partial charge is 0.239 e. The van der Waals surface area contributed by atoms with Gasteiger partial charge < -0.3 is 0 Å². The number of fused-ring (bicyclic) bond motifs is 1. The normalized spacial score (nSPS) is 16.1. The molecule has 1 fully saturated rings. The van der Waals surface area contributed by atoms with E-state index in [4.69, 9.17) is 0 Å². The molecule has 4 nitrogen and oxygen atoms in total. The Morgan fingerprint density at radius 2 is 1.81 bits per heavy atom. The van der Waals surface area contributed by atoms with E-state index in [-0.39, 0.29) is 5.91 Å². The molecule has 27 heavy (non-hydrogen) atoms. The Hall–Kier alpha value is -2.92. The topological polar surface area (TPSA) is 45.0 Å². The summed E-state index contributed by atoms with van der Waals surface area (Å²) in [6.07, 6.45) is 1.71. The fraction of sp³-hybridized carbons (Fsp3) is 0.136. The van der Waals surface area contributed by atoms with Crippen LogP contribution in [0.4, 0.5) is 0 Å². The molecule has 1 aliphatic heterocycles. The van der Waals surface area contributed by atoms with Gasteiger partial charge in [0, 0.05) is 0 Å². The summed E-state index contributed by atoms with van der Waals surface area (Å²) in [5.74, 6) is 0.473. The second-order valence-electron chi connectivity index (χ2n) is 6.44. The summed E-state index contributed by atoms with van der Waals surface area (Å²) in [5.41, 5.74) is 3.30. The van der Waals surface area contributed by atoms with Crippen molar-refractivity contribution in [3.05, 3.63) is 83.4 Å². The molecule has 0 bridgehead atoms. The maximum Gasteiger partial charge on any atom is 0.239 e. The lowest BCUT2D eigenvalue weighted by atomic mass is 10.0. The van der Waals surface area contributed by atoms with Crippen molar-refractivity contribution in [1.29, 1.82) is 0 Å². The molecule has 1 aliphatic rings.